The summed E-state index contributed by atoms with van der Waals surface area (Å²) in [6, 6.07) is 0. The molecular weight excluding hydrogens is 166 g/mol. The van der Waals surface area contributed by atoms with Crippen molar-refractivity contribution in [1.29, 1.82) is 0 Å². The van der Waals surface area contributed by atoms with Gasteiger partial charge in [-0.05, 0) is 19.8 Å². The Morgan fingerprint density at radius 2 is 1.73 bits per heavy atom. The molecule has 4 nitrogen and oxygen atoms in total. The molecule has 0 saturated heterocycles. The predicted molar refractivity (Wildman–Crippen MR) is 47.1 cm³/mol. The molecule has 0 unspecified atom stereocenters. The lowest BCUT2D eigenvalue weighted by molar-refractivity contribution is 0.174. The molecule has 70 valence electrons. The summed E-state index contributed by atoms with van der Waals surface area (Å²) in [7, 11) is 0. The van der Waals surface area contributed by atoms with Crippen LogP contribution >= 0.6 is 11.1 Å². The smallest absolute Gasteiger partial charge is 0.153 e. The van der Waals surface area contributed by atoms with Crippen LogP contribution in [0.2, 0.25) is 0 Å². The largest absolute Gasteiger partial charge is 0.296 e. The lowest BCUT2D eigenvalue weighted by atomic mass is 10.4. The molecule has 0 amide bonds. The van der Waals surface area contributed by atoms with E-state index in [1.807, 2.05) is 13.8 Å². The van der Waals surface area contributed by atoms with Crippen LogP contribution in [0.25, 0.3) is 0 Å². The van der Waals surface area contributed by atoms with Crippen molar-refractivity contribution in [2.75, 3.05) is 0 Å². The van der Waals surface area contributed by atoms with Crippen molar-refractivity contribution >= 4 is 11.1 Å². The van der Waals surface area contributed by atoms with Gasteiger partial charge in [0, 0.05) is 0 Å². The van der Waals surface area contributed by atoms with E-state index in [1.54, 1.807) is 6.92 Å². The topological polar surface area (TPSA) is 75.7 Å². The summed E-state index contributed by atoms with van der Waals surface area (Å²) in [5, 5.41) is 4.83. The molecule has 1 aliphatic carbocycles. The molecule has 1 saturated carbocycles. The maximum Gasteiger partial charge on any atom is 0.153 e. The van der Waals surface area contributed by atoms with E-state index in [0.717, 1.165) is 12.8 Å². The SMILES string of the molecule is CC.CC1(OS(N)(O)O)CC1. The Balaban J connectivity index is 0.000000461. The summed E-state index contributed by atoms with van der Waals surface area (Å²) in [6.45, 7) is 5.80. The van der Waals surface area contributed by atoms with Crippen LogP contribution in [-0.4, -0.2) is 14.7 Å². The summed E-state index contributed by atoms with van der Waals surface area (Å²) >= 11 is -3.22. The molecule has 0 aromatic rings. The number of rotatable bonds is 2. The van der Waals surface area contributed by atoms with Gasteiger partial charge in [0.05, 0.1) is 5.60 Å². The highest BCUT2D eigenvalue weighted by molar-refractivity contribution is 8.18. The first-order valence-corrected chi connectivity index (χ1v) is 5.21. The quantitative estimate of drug-likeness (QED) is 0.613. The molecule has 1 aliphatic rings. The second kappa shape index (κ2) is 3.73. The highest BCUT2D eigenvalue weighted by Gasteiger charge is 2.43. The molecule has 11 heavy (non-hydrogen) atoms. The second-order valence-corrected chi connectivity index (χ2v) is 3.81. The predicted octanol–water partition coefficient (Wildman–Crippen LogP) is 2.12. The van der Waals surface area contributed by atoms with Crippen molar-refractivity contribution < 1.29 is 13.3 Å². The van der Waals surface area contributed by atoms with Crippen LogP contribution in [0.15, 0.2) is 0 Å². The van der Waals surface area contributed by atoms with E-state index in [9.17, 15) is 0 Å². The van der Waals surface area contributed by atoms with Crippen molar-refractivity contribution in [2.24, 2.45) is 5.14 Å². The summed E-state index contributed by atoms with van der Waals surface area (Å²) in [4.78, 5) is 0. The van der Waals surface area contributed by atoms with Gasteiger partial charge in [-0.25, -0.2) is 5.14 Å². The maximum atomic E-state index is 8.59. The molecule has 0 radical (unpaired) electrons. The van der Waals surface area contributed by atoms with Gasteiger partial charge in [0.1, 0.15) is 0 Å². The minimum absolute atomic E-state index is 0.354. The molecule has 5 heteroatoms. The molecule has 1 fully saturated rings. The van der Waals surface area contributed by atoms with Gasteiger partial charge in [-0.3, -0.25) is 13.3 Å². The van der Waals surface area contributed by atoms with Crippen molar-refractivity contribution in [3.05, 3.63) is 0 Å². The minimum atomic E-state index is -3.22. The Kier molecular flexibility index (Phi) is 3.79. The fraction of sp³-hybridized carbons (Fsp3) is 1.00. The van der Waals surface area contributed by atoms with Crippen molar-refractivity contribution in [2.45, 2.75) is 39.2 Å². The first-order chi connectivity index (χ1) is 4.91. The molecule has 4 N–H and O–H groups in total. The monoisotopic (exact) mass is 183 g/mol. The van der Waals surface area contributed by atoms with Crippen LogP contribution < -0.4 is 5.14 Å². The standard InChI is InChI=1S/C4H11NO3S.C2H6/c1-4(2-3-4)8-9(5,6)7;1-2/h6-7H,2-3,5H2,1H3;1-2H3. The van der Waals surface area contributed by atoms with Crippen LogP contribution in [-0.2, 0) is 4.18 Å². The van der Waals surface area contributed by atoms with Gasteiger partial charge in [-0.1, -0.05) is 13.8 Å². The Bertz CT molecular complexity index is 116. The van der Waals surface area contributed by atoms with E-state index >= 15 is 0 Å². The van der Waals surface area contributed by atoms with Crippen LogP contribution in [0.5, 0.6) is 0 Å². The Morgan fingerprint density at radius 3 is 1.82 bits per heavy atom. The molecule has 0 aromatic heterocycles. The molecule has 0 aromatic carbocycles. The number of hydrogen-bond donors (Lipinski definition) is 3. The number of nitrogens with two attached hydrogens (primary N) is 1. The first kappa shape index (κ1) is 11.2. The summed E-state index contributed by atoms with van der Waals surface area (Å²) in [5.41, 5.74) is -0.354. The van der Waals surface area contributed by atoms with Gasteiger partial charge in [0.2, 0.25) is 0 Å². The molecule has 1 rings (SSSR count). The second-order valence-electron chi connectivity index (χ2n) is 2.57. The van der Waals surface area contributed by atoms with Crippen LogP contribution in [0.1, 0.15) is 33.6 Å². The van der Waals surface area contributed by atoms with Crippen molar-refractivity contribution in [1.82, 2.24) is 0 Å². The van der Waals surface area contributed by atoms with E-state index in [4.69, 9.17) is 18.4 Å². The average molecular weight is 183 g/mol. The van der Waals surface area contributed by atoms with Gasteiger partial charge >= 0.3 is 0 Å². The fourth-order valence-corrected chi connectivity index (χ4v) is 1.31. The van der Waals surface area contributed by atoms with Crippen LogP contribution in [0.4, 0.5) is 0 Å². The summed E-state index contributed by atoms with van der Waals surface area (Å²) in [6.07, 6.45) is 1.72. The van der Waals surface area contributed by atoms with Crippen molar-refractivity contribution in [3.8, 4) is 0 Å². The molecule has 0 heterocycles. The Hall–Kier alpha value is 0.190. The third-order valence-electron chi connectivity index (χ3n) is 1.28. The zero-order valence-electron chi connectivity index (χ0n) is 7.20. The molecular formula is C6H17NO3S. The van der Waals surface area contributed by atoms with E-state index in [2.05, 4.69) is 0 Å². The van der Waals surface area contributed by atoms with Gasteiger partial charge < -0.3 is 0 Å². The Labute approximate surface area is 69.4 Å². The van der Waals surface area contributed by atoms with E-state index in [1.165, 1.54) is 0 Å². The van der Waals surface area contributed by atoms with Crippen LogP contribution in [0, 0.1) is 0 Å². The lowest BCUT2D eigenvalue weighted by Crippen LogP contribution is -2.19. The molecule has 0 atom stereocenters. The molecule has 0 aliphatic heterocycles. The van der Waals surface area contributed by atoms with Gasteiger partial charge in [0.15, 0.2) is 11.1 Å². The average Bonchev–Trinajstić information content (AvgIpc) is 2.48. The molecule has 0 spiro atoms. The first-order valence-electron chi connectivity index (χ1n) is 3.68. The minimum Gasteiger partial charge on any atom is -0.296 e. The molecule has 0 bridgehead atoms. The summed E-state index contributed by atoms with van der Waals surface area (Å²) in [5.74, 6) is 0. The normalized spacial score (nSPS) is 21.6. The van der Waals surface area contributed by atoms with Gasteiger partial charge in [-0.2, -0.15) is 0 Å². The van der Waals surface area contributed by atoms with E-state index in [-0.39, 0.29) is 5.60 Å². The van der Waals surface area contributed by atoms with Gasteiger partial charge in [-0.15, -0.1) is 0 Å². The van der Waals surface area contributed by atoms with Crippen molar-refractivity contribution in [3.63, 3.8) is 0 Å². The Morgan fingerprint density at radius 1 is 1.36 bits per heavy atom. The van der Waals surface area contributed by atoms with E-state index < -0.39 is 11.1 Å². The zero-order valence-corrected chi connectivity index (χ0v) is 8.02. The fourth-order valence-electron chi connectivity index (χ4n) is 0.555. The third kappa shape index (κ3) is 5.46. The maximum absolute atomic E-state index is 8.59. The zero-order chi connectivity index (χ0) is 9.12. The number of hydrogen-bond acceptors (Lipinski definition) is 4. The third-order valence-corrected chi connectivity index (χ3v) is 1.93. The van der Waals surface area contributed by atoms with Crippen LogP contribution in [0.3, 0.4) is 0 Å². The van der Waals surface area contributed by atoms with Gasteiger partial charge in [0.25, 0.3) is 0 Å². The van der Waals surface area contributed by atoms with E-state index in [0.29, 0.717) is 0 Å². The summed E-state index contributed by atoms with van der Waals surface area (Å²) < 4.78 is 21.9. The highest BCUT2D eigenvalue weighted by atomic mass is 32.3. The lowest BCUT2D eigenvalue weighted by Gasteiger charge is -2.24. The highest BCUT2D eigenvalue weighted by Crippen LogP contribution is 2.48.